The van der Waals surface area contributed by atoms with E-state index in [-0.39, 0.29) is 11.8 Å². The Morgan fingerprint density at radius 2 is 1.36 bits per heavy atom. The molecule has 0 aromatic carbocycles. The van der Waals surface area contributed by atoms with E-state index >= 15 is 0 Å². The van der Waals surface area contributed by atoms with Crippen LogP contribution in [0.1, 0.15) is 119 Å². The van der Waals surface area contributed by atoms with Gasteiger partial charge in [0.15, 0.2) is 0 Å². The van der Waals surface area contributed by atoms with E-state index in [0.717, 1.165) is 46.2 Å². The molecule has 8 rings (SSSR count). The summed E-state index contributed by atoms with van der Waals surface area (Å²) in [5.41, 5.74) is 6.78. The summed E-state index contributed by atoms with van der Waals surface area (Å²) in [5.74, 6) is -1.39. The summed E-state index contributed by atoms with van der Waals surface area (Å²) in [6, 6.07) is 13.8. The SMILES string of the molecule is C=CC(=O)OC1(c2cc3cc(C4CCC(OC(=O)C(=C)C)(c5cc6ccc5o6)C4)c2o3)CCC(c2cc3cc(C(CC)(CC)OC(=O)C(=C)C)c2o3)C1. The standard InChI is InChI=1S/C44H44O9/c1-8-37(45)51-44(16-14-27(23-44)31-17-29-20-34(38(31)49-29)42(9-2,10-3)52-40(46)24(4)5)35-21-30-18-32(39(35)50-30)26-13-15-43(22-26,53-41(47)25(6)7)33-19-28-11-12-36(33)48-28/h8,11-12,17-21,26-27H,1,4,6,9-10,13-16,22-23H2,2-3,5,7H3. The van der Waals surface area contributed by atoms with Gasteiger partial charge in [0.25, 0.3) is 0 Å². The minimum Gasteiger partial charge on any atom is -0.457 e. The fourth-order valence-corrected chi connectivity index (χ4v) is 9.19. The van der Waals surface area contributed by atoms with Crippen LogP contribution in [0.5, 0.6) is 0 Å². The third-order valence-electron chi connectivity index (χ3n) is 12.0. The minimum absolute atomic E-state index is 0.00235. The molecular formula is C44H44O9. The van der Waals surface area contributed by atoms with E-state index in [1.165, 1.54) is 6.08 Å². The van der Waals surface area contributed by atoms with Crippen LogP contribution in [-0.4, -0.2) is 17.9 Å². The van der Waals surface area contributed by atoms with E-state index in [1.807, 2.05) is 44.2 Å². The number of carbonyl (C=O) groups excluding carboxylic acids is 3. The van der Waals surface area contributed by atoms with Crippen LogP contribution in [0.25, 0.3) is 33.5 Å². The first kappa shape index (κ1) is 34.8. The predicted octanol–water partition coefficient (Wildman–Crippen LogP) is 10.5. The molecular weight excluding hydrogens is 672 g/mol. The van der Waals surface area contributed by atoms with Crippen molar-refractivity contribution in [3.63, 3.8) is 0 Å². The smallest absolute Gasteiger partial charge is 0.334 e. The zero-order chi connectivity index (χ0) is 37.4. The minimum atomic E-state index is -0.982. The van der Waals surface area contributed by atoms with Gasteiger partial charge in [0.05, 0.1) is 0 Å². The van der Waals surface area contributed by atoms with Crippen LogP contribution in [0.3, 0.4) is 0 Å². The maximum atomic E-state index is 13.1. The van der Waals surface area contributed by atoms with Crippen LogP contribution in [0.2, 0.25) is 0 Å². The molecule has 0 aliphatic heterocycles. The normalized spacial score (nSPS) is 23.4. The molecule has 0 saturated heterocycles. The van der Waals surface area contributed by atoms with Crippen LogP contribution < -0.4 is 0 Å². The number of carbonyl (C=O) groups is 3. The summed E-state index contributed by atoms with van der Waals surface area (Å²) in [7, 11) is 0. The molecule has 0 spiro atoms. The Hall–Kier alpha value is -5.31. The Kier molecular flexibility index (Phi) is 8.13. The van der Waals surface area contributed by atoms with Crippen LogP contribution in [0.4, 0.5) is 0 Å². The van der Waals surface area contributed by atoms with Crippen molar-refractivity contribution in [2.75, 3.05) is 0 Å². The Balaban J connectivity index is 1.13. The molecule has 53 heavy (non-hydrogen) atoms. The summed E-state index contributed by atoms with van der Waals surface area (Å²) in [6.45, 7) is 18.6. The summed E-state index contributed by atoms with van der Waals surface area (Å²) in [5, 5.41) is 0. The molecule has 6 aromatic heterocycles. The molecule has 9 nitrogen and oxygen atoms in total. The molecule has 2 aliphatic carbocycles. The van der Waals surface area contributed by atoms with Gasteiger partial charge in [-0.1, -0.05) is 33.6 Å². The quantitative estimate of drug-likeness (QED) is 0.0653. The van der Waals surface area contributed by atoms with Gasteiger partial charge in [-0.2, -0.15) is 0 Å². The second kappa shape index (κ2) is 12.4. The number of furan rings is 6. The second-order valence-corrected chi connectivity index (χ2v) is 15.3. The molecule has 0 radical (unpaired) electrons. The van der Waals surface area contributed by atoms with Gasteiger partial charge in [-0.05, 0) is 120 Å². The molecule has 4 unspecified atom stereocenters. The number of hydrogen-bond acceptors (Lipinski definition) is 9. The molecule has 2 fully saturated rings. The van der Waals surface area contributed by atoms with Crippen LogP contribution in [0, 0.1) is 0 Å². The van der Waals surface area contributed by atoms with Crippen molar-refractivity contribution in [3.8, 4) is 0 Å². The van der Waals surface area contributed by atoms with Crippen molar-refractivity contribution in [1.82, 2.24) is 0 Å². The van der Waals surface area contributed by atoms with Gasteiger partial charge in [0.2, 0.25) is 0 Å². The van der Waals surface area contributed by atoms with Crippen molar-refractivity contribution < 1.29 is 41.8 Å². The molecule has 2 aliphatic rings. The van der Waals surface area contributed by atoms with E-state index < -0.39 is 34.7 Å². The first-order valence-corrected chi connectivity index (χ1v) is 18.5. The average Bonchev–Trinajstić information content (AvgIpc) is 4.00. The molecule has 4 atom stereocenters. The Morgan fingerprint density at radius 3 is 1.89 bits per heavy atom. The number of fused-ring (bicyclic) bond motifs is 6. The van der Waals surface area contributed by atoms with Gasteiger partial charge in [-0.3, -0.25) is 0 Å². The predicted molar refractivity (Wildman–Crippen MR) is 199 cm³/mol. The largest absolute Gasteiger partial charge is 0.457 e. The molecule has 2 saturated carbocycles. The van der Waals surface area contributed by atoms with Crippen LogP contribution >= 0.6 is 0 Å². The van der Waals surface area contributed by atoms with Crippen molar-refractivity contribution >= 4 is 51.4 Å². The number of hydrogen-bond donors (Lipinski definition) is 0. The molecule has 6 heterocycles. The van der Waals surface area contributed by atoms with E-state index in [2.05, 4.69) is 31.9 Å². The number of rotatable bonds is 13. The lowest BCUT2D eigenvalue weighted by Gasteiger charge is -2.32. The highest BCUT2D eigenvalue weighted by Gasteiger charge is 2.51. The van der Waals surface area contributed by atoms with Gasteiger partial charge >= 0.3 is 17.9 Å². The molecule has 9 heteroatoms. The number of esters is 3. The van der Waals surface area contributed by atoms with Gasteiger partial charge < -0.3 is 27.5 Å². The van der Waals surface area contributed by atoms with E-state index in [4.69, 9.17) is 27.5 Å². The molecule has 0 N–H and O–H groups in total. The number of benzene rings is 3. The lowest BCUT2D eigenvalue weighted by Crippen LogP contribution is -2.31. The Labute approximate surface area is 307 Å². The highest BCUT2D eigenvalue weighted by molar-refractivity contribution is 5.88. The molecule has 6 bridgehead atoms. The summed E-state index contributed by atoms with van der Waals surface area (Å²) in [6.07, 6.45) is 6.01. The Bertz CT molecular complexity index is 2380. The van der Waals surface area contributed by atoms with Crippen LogP contribution in [0.15, 0.2) is 92.7 Å². The zero-order valence-electron chi connectivity index (χ0n) is 30.7. The van der Waals surface area contributed by atoms with E-state index in [0.29, 0.717) is 77.6 Å². The van der Waals surface area contributed by atoms with Gasteiger partial charge in [0.1, 0.15) is 50.3 Å². The third-order valence-corrected chi connectivity index (χ3v) is 12.0. The average molecular weight is 717 g/mol. The van der Waals surface area contributed by atoms with E-state index in [1.54, 1.807) is 13.8 Å². The molecule has 6 aromatic rings. The summed E-state index contributed by atoms with van der Waals surface area (Å²) in [4.78, 5) is 38.9. The lowest BCUT2D eigenvalue weighted by atomic mass is 9.83. The Morgan fingerprint density at radius 1 is 0.774 bits per heavy atom. The second-order valence-electron chi connectivity index (χ2n) is 15.3. The van der Waals surface area contributed by atoms with E-state index in [9.17, 15) is 14.4 Å². The van der Waals surface area contributed by atoms with Crippen molar-refractivity contribution in [3.05, 3.63) is 107 Å². The van der Waals surface area contributed by atoms with Crippen LogP contribution in [-0.2, 0) is 45.4 Å². The van der Waals surface area contributed by atoms with Gasteiger partial charge in [0, 0.05) is 45.0 Å². The lowest BCUT2D eigenvalue weighted by molar-refractivity contribution is -0.157. The van der Waals surface area contributed by atoms with Crippen molar-refractivity contribution in [2.45, 2.75) is 108 Å². The highest BCUT2D eigenvalue weighted by atomic mass is 16.6. The monoisotopic (exact) mass is 716 g/mol. The number of ether oxygens (including phenoxy) is 3. The first-order valence-electron chi connectivity index (χ1n) is 18.5. The van der Waals surface area contributed by atoms with Gasteiger partial charge in [-0.25, -0.2) is 14.4 Å². The third kappa shape index (κ3) is 5.46. The highest BCUT2D eigenvalue weighted by Crippen LogP contribution is 2.58. The summed E-state index contributed by atoms with van der Waals surface area (Å²) >= 11 is 0. The molecule has 274 valence electrons. The van der Waals surface area contributed by atoms with Crippen molar-refractivity contribution in [2.24, 2.45) is 0 Å². The maximum Gasteiger partial charge on any atom is 0.334 e. The maximum absolute atomic E-state index is 13.1. The summed E-state index contributed by atoms with van der Waals surface area (Å²) < 4.78 is 37.4. The topological polar surface area (TPSA) is 118 Å². The fourth-order valence-electron chi connectivity index (χ4n) is 9.19. The fraction of sp³-hybridized carbons (Fsp3) is 0.386. The first-order chi connectivity index (χ1) is 25.3. The van der Waals surface area contributed by atoms with Gasteiger partial charge in [-0.15, -0.1) is 0 Å². The van der Waals surface area contributed by atoms with Crippen molar-refractivity contribution in [1.29, 1.82) is 0 Å². The zero-order valence-corrected chi connectivity index (χ0v) is 30.7. The molecule has 0 amide bonds.